The summed E-state index contributed by atoms with van der Waals surface area (Å²) in [5.41, 5.74) is 11.6. The number of aliphatic hydroxyl groups excluding tert-OH is 1. The lowest BCUT2D eigenvalue weighted by atomic mass is 9.99. The van der Waals surface area contributed by atoms with Crippen LogP contribution in [0.4, 0.5) is 11.4 Å². The highest BCUT2D eigenvalue weighted by molar-refractivity contribution is 6.37. The zero-order chi connectivity index (χ0) is 22.8. The predicted molar refractivity (Wildman–Crippen MR) is 132 cm³/mol. The van der Waals surface area contributed by atoms with Crippen molar-refractivity contribution in [3.05, 3.63) is 82.0 Å². The van der Waals surface area contributed by atoms with Crippen LogP contribution in [0.1, 0.15) is 24.2 Å². The van der Waals surface area contributed by atoms with Crippen LogP contribution in [0.15, 0.2) is 60.8 Å². The summed E-state index contributed by atoms with van der Waals surface area (Å²) in [6, 6.07) is 17.2. The van der Waals surface area contributed by atoms with Gasteiger partial charge in [-0.15, -0.1) is 0 Å². The smallest absolute Gasteiger partial charge is 0.152 e. The van der Waals surface area contributed by atoms with Crippen LogP contribution >= 0.6 is 23.2 Å². The molecule has 4 rings (SSSR count). The molecular weight excluding hydrogens is 445 g/mol. The molecule has 0 amide bonds. The van der Waals surface area contributed by atoms with Gasteiger partial charge in [-0.1, -0.05) is 41.4 Å². The SMILES string of the molecule is CC(O)c1cnc2ccc(-c3cc(Cl)c(O)c(Cl)c3)cc2c1Nc1cccc(CCN)c1. The lowest BCUT2D eigenvalue weighted by Gasteiger charge is -2.18. The van der Waals surface area contributed by atoms with Crippen molar-refractivity contribution >= 4 is 45.5 Å². The molecule has 1 atom stereocenters. The van der Waals surface area contributed by atoms with Crippen molar-refractivity contribution in [3.8, 4) is 16.9 Å². The summed E-state index contributed by atoms with van der Waals surface area (Å²) in [4.78, 5) is 4.53. The van der Waals surface area contributed by atoms with Crippen molar-refractivity contribution in [3.63, 3.8) is 0 Å². The topological polar surface area (TPSA) is 91.4 Å². The molecule has 32 heavy (non-hydrogen) atoms. The Hall–Kier alpha value is -2.83. The maximum absolute atomic E-state index is 10.4. The Morgan fingerprint density at radius 3 is 2.47 bits per heavy atom. The van der Waals surface area contributed by atoms with Gasteiger partial charge in [0.05, 0.1) is 27.4 Å². The molecule has 5 nitrogen and oxygen atoms in total. The van der Waals surface area contributed by atoms with E-state index < -0.39 is 6.10 Å². The zero-order valence-electron chi connectivity index (χ0n) is 17.4. The van der Waals surface area contributed by atoms with E-state index in [9.17, 15) is 10.2 Å². The molecule has 0 spiro atoms. The Balaban J connectivity index is 1.87. The molecule has 0 saturated heterocycles. The van der Waals surface area contributed by atoms with Gasteiger partial charge in [0.25, 0.3) is 0 Å². The van der Waals surface area contributed by atoms with Gasteiger partial charge in [-0.25, -0.2) is 0 Å². The van der Waals surface area contributed by atoms with Gasteiger partial charge in [-0.05, 0) is 73.0 Å². The number of halogens is 2. The van der Waals surface area contributed by atoms with Crippen molar-refractivity contribution < 1.29 is 10.2 Å². The molecule has 0 aliphatic carbocycles. The third-order valence-electron chi connectivity index (χ3n) is 5.33. The van der Waals surface area contributed by atoms with E-state index in [1.807, 2.05) is 42.5 Å². The number of benzene rings is 3. The number of anilines is 2. The highest BCUT2D eigenvalue weighted by Crippen LogP contribution is 2.39. The first-order chi connectivity index (χ1) is 15.4. The number of aromatic hydroxyl groups is 1. The average molecular weight is 468 g/mol. The molecule has 1 aromatic heterocycles. The van der Waals surface area contributed by atoms with Gasteiger partial charge in [0.15, 0.2) is 5.75 Å². The van der Waals surface area contributed by atoms with E-state index in [2.05, 4.69) is 10.3 Å². The Bertz CT molecular complexity index is 1270. The standard InChI is InChI=1S/C25H23Cl2N3O2/c1-14(31)20-13-29-23-6-5-16(17-11-21(26)25(32)22(27)12-17)10-19(23)24(20)30-18-4-2-3-15(9-18)7-8-28/h2-6,9-14,31-32H,7-8,28H2,1H3,(H,29,30). The second-order valence-electron chi connectivity index (χ2n) is 7.65. The minimum Gasteiger partial charge on any atom is -0.505 e. The molecule has 0 fully saturated rings. The van der Waals surface area contributed by atoms with Crippen LogP contribution in [0, 0.1) is 0 Å². The molecule has 0 aliphatic rings. The highest BCUT2D eigenvalue weighted by Gasteiger charge is 2.15. The van der Waals surface area contributed by atoms with Gasteiger partial charge < -0.3 is 21.3 Å². The number of phenols is 1. The van der Waals surface area contributed by atoms with E-state index in [4.69, 9.17) is 28.9 Å². The number of nitrogens with zero attached hydrogens (tertiary/aromatic N) is 1. The molecule has 164 valence electrons. The van der Waals surface area contributed by atoms with Gasteiger partial charge in [-0.3, -0.25) is 4.98 Å². The first kappa shape index (κ1) is 22.4. The fourth-order valence-corrected chi connectivity index (χ4v) is 4.18. The zero-order valence-corrected chi connectivity index (χ0v) is 19.0. The normalized spacial score (nSPS) is 12.2. The predicted octanol–water partition coefficient (Wildman–Crippen LogP) is 6.21. The van der Waals surface area contributed by atoms with E-state index in [0.717, 1.165) is 45.4 Å². The van der Waals surface area contributed by atoms with Gasteiger partial charge in [-0.2, -0.15) is 0 Å². The fraction of sp³-hybridized carbons (Fsp3) is 0.160. The van der Waals surface area contributed by atoms with Crippen molar-refractivity contribution in [1.29, 1.82) is 0 Å². The number of phenolic OH excluding ortho intramolecular Hbond substituents is 1. The van der Waals surface area contributed by atoms with Crippen molar-refractivity contribution in [2.24, 2.45) is 5.73 Å². The van der Waals surface area contributed by atoms with E-state index in [1.165, 1.54) is 0 Å². The number of nitrogens with two attached hydrogens (primary N) is 1. The molecule has 1 unspecified atom stereocenters. The van der Waals surface area contributed by atoms with Crippen LogP contribution < -0.4 is 11.1 Å². The van der Waals surface area contributed by atoms with Crippen LogP contribution in [0.2, 0.25) is 10.0 Å². The number of pyridine rings is 1. The van der Waals surface area contributed by atoms with Crippen LogP contribution in [0.3, 0.4) is 0 Å². The molecule has 0 saturated carbocycles. The maximum atomic E-state index is 10.4. The highest BCUT2D eigenvalue weighted by atomic mass is 35.5. The second-order valence-corrected chi connectivity index (χ2v) is 8.46. The number of nitrogens with one attached hydrogen (secondary N) is 1. The third-order valence-corrected chi connectivity index (χ3v) is 5.90. The van der Waals surface area contributed by atoms with Crippen LogP contribution in [-0.4, -0.2) is 21.7 Å². The van der Waals surface area contributed by atoms with Gasteiger partial charge in [0.2, 0.25) is 0 Å². The van der Waals surface area contributed by atoms with Crippen LogP contribution in [0.25, 0.3) is 22.0 Å². The second kappa shape index (κ2) is 9.35. The number of fused-ring (bicyclic) bond motifs is 1. The summed E-state index contributed by atoms with van der Waals surface area (Å²) >= 11 is 12.3. The molecule has 4 aromatic rings. The maximum Gasteiger partial charge on any atom is 0.152 e. The first-order valence-electron chi connectivity index (χ1n) is 10.2. The molecule has 0 bridgehead atoms. The number of aromatic nitrogens is 1. The Kier molecular flexibility index (Phi) is 6.53. The van der Waals surface area contributed by atoms with E-state index in [1.54, 1.807) is 25.3 Å². The van der Waals surface area contributed by atoms with Crippen molar-refractivity contribution in [2.45, 2.75) is 19.4 Å². The Morgan fingerprint density at radius 2 is 1.78 bits per heavy atom. The largest absolute Gasteiger partial charge is 0.505 e. The van der Waals surface area contributed by atoms with Crippen LogP contribution in [0.5, 0.6) is 5.75 Å². The summed E-state index contributed by atoms with van der Waals surface area (Å²) in [7, 11) is 0. The number of rotatable bonds is 6. The number of hydrogen-bond donors (Lipinski definition) is 4. The molecule has 0 radical (unpaired) electrons. The van der Waals surface area contributed by atoms with Crippen LogP contribution in [-0.2, 0) is 6.42 Å². The van der Waals surface area contributed by atoms with Crippen molar-refractivity contribution in [1.82, 2.24) is 4.98 Å². The molecule has 7 heteroatoms. The Labute approximate surface area is 196 Å². The van der Waals surface area contributed by atoms with Gasteiger partial charge in [0.1, 0.15) is 0 Å². The lowest BCUT2D eigenvalue weighted by molar-refractivity contribution is 0.200. The minimum absolute atomic E-state index is 0.143. The summed E-state index contributed by atoms with van der Waals surface area (Å²) in [5, 5.41) is 25.0. The molecular formula is C25H23Cl2N3O2. The fourth-order valence-electron chi connectivity index (χ4n) is 3.69. The van der Waals surface area contributed by atoms with E-state index >= 15 is 0 Å². The number of hydrogen-bond acceptors (Lipinski definition) is 5. The molecule has 3 aromatic carbocycles. The summed E-state index contributed by atoms with van der Waals surface area (Å²) in [6.07, 6.45) is 1.75. The van der Waals surface area contributed by atoms with Gasteiger partial charge in [0, 0.05) is 22.8 Å². The minimum atomic E-state index is -0.720. The third kappa shape index (κ3) is 4.52. The molecule has 1 heterocycles. The van der Waals surface area contributed by atoms with Gasteiger partial charge >= 0.3 is 0 Å². The average Bonchev–Trinajstić information content (AvgIpc) is 2.77. The van der Waals surface area contributed by atoms with E-state index in [0.29, 0.717) is 12.1 Å². The number of aliphatic hydroxyl groups is 1. The molecule has 0 aliphatic heterocycles. The summed E-state index contributed by atoms with van der Waals surface area (Å²) in [5.74, 6) is -0.143. The monoisotopic (exact) mass is 467 g/mol. The molecule has 5 N–H and O–H groups in total. The quantitative estimate of drug-likeness (QED) is 0.270. The van der Waals surface area contributed by atoms with E-state index in [-0.39, 0.29) is 15.8 Å². The summed E-state index contributed by atoms with van der Waals surface area (Å²) < 4.78 is 0. The Morgan fingerprint density at radius 1 is 1.03 bits per heavy atom. The van der Waals surface area contributed by atoms with Crippen molar-refractivity contribution in [2.75, 3.05) is 11.9 Å². The first-order valence-corrected chi connectivity index (χ1v) is 11.0. The lowest BCUT2D eigenvalue weighted by Crippen LogP contribution is -2.04. The summed E-state index contributed by atoms with van der Waals surface area (Å²) in [6.45, 7) is 2.28.